The maximum absolute atomic E-state index is 10.8. The summed E-state index contributed by atoms with van der Waals surface area (Å²) in [6.07, 6.45) is -0.202. The van der Waals surface area contributed by atoms with Crippen molar-refractivity contribution in [1.82, 2.24) is 0 Å². The van der Waals surface area contributed by atoms with Crippen LogP contribution in [0.15, 0.2) is 24.3 Å². The fourth-order valence-electron chi connectivity index (χ4n) is 2.28. The van der Waals surface area contributed by atoms with E-state index in [0.29, 0.717) is 5.56 Å². The van der Waals surface area contributed by atoms with Gasteiger partial charge in [-0.25, -0.2) is 0 Å². The monoisotopic (exact) mass is 301 g/mol. The van der Waals surface area contributed by atoms with E-state index in [0.717, 1.165) is 5.46 Å². The van der Waals surface area contributed by atoms with Gasteiger partial charge in [0.1, 0.15) is 0 Å². The summed E-state index contributed by atoms with van der Waals surface area (Å²) in [5.41, 5.74) is 0.725. The first kappa shape index (κ1) is 16.5. The quantitative estimate of drug-likeness (QED) is 0.861. The average molecular weight is 301 g/mol. The van der Waals surface area contributed by atoms with Crippen LogP contribution in [0.25, 0.3) is 0 Å². The van der Waals surface area contributed by atoms with Gasteiger partial charge in [0, 0.05) is 0 Å². The highest BCUT2D eigenvalue weighted by atomic mass is 16.7. The average Bonchev–Trinajstić information content (AvgIpc) is 2.65. The van der Waals surface area contributed by atoms with Crippen molar-refractivity contribution in [3.05, 3.63) is 29.8 Å². The van der Waals surface area contributed by atoms with Crippen LogP contribution in [0.5, 0.6) is 0 Å². The molecule has 1 atom stereocenters. The number of benzene rings is 1. The van der Waals surface area contributed by atoms with Crippen molar-refractivity contribution >= 4 is 18.6 Å². The maximum atomic E-state index is 10.8. The van der Waals surface area contributed by atoms with Crippen molar-refractivity contribution in [1.29, 1.82) is 5.26 Å². The fourth-order valence-corrected chi connectivity index (χ4v) is 2.28. The molecule has 2 rings (SSSR count). The second-order valence-corrected chi connectivity index (χ2v) is 6.53. The SMILES string of the molecule is CC1(C)OB(c2ccc([C@H](C#N)CC(=O)O)cc2)OC1(C)C. The highest BCUT2D eigenvalue weighted by molar-refractivity contribution is 6.62. The number of hydrogen-bond acceptors (Lipinski definition) is 4. The normalized spacial score (nSPS) is 20.4. The standard InChI is InChI=1S/C16H20BNO4/c1-15(2)16(3,4)22-17(21-15)13-7-5-11(6-8-13)12(10-18)9-14(19)20/h5-8,12H,9H2,1-4H3,(H,19,20)/t12-/m0/s1. The molecule has 0 unspecified atom stereocenters. The highest BCUT2D eigenvalue weighted by Gasteiger charge is 2.51. The van der Waals surface area contributed by atoms with Crippen LogP contribution in [-0.4, -0.2) is 29.4 Å². The van der Waals surface area contributed by atoms with Crippen LogP contribution in [0.2, 0.25) is 0 Å². The molecule has 0 aliphatic carbocycles. The molecule has 0 amide bonds. The topological polar surface area (TPSA) is 79.5 Å². The largest absolute Gasteiger partial charge is 0.494 e. The second-order valence-electron chi connectivity index (χ2n) is 6.53. The van der Waals surface area contributed by atoms with Gasteiger partial charge in [0.15, 0.2) is 0 Å². The number of carboxylic acids is 1. The zero-order chi connectivity index (χ0) is 16.5. The summed E-state index contributed by atoms with van der Waals surface area (Å²) in [5.74, 6) is -1.63. The number of carbonyl (C=O) groups is 1. The van der Waals surface area contributed by atoms with Crippen LogP contribution in [-0.2, 0) is 14.1 Å². The lowest BCUT2D eigenvalue weighted by Crippen LogP contribution is -2.41. The summed E-state index contributed by atoms with van der Waals surface area (Å²) in [6, 6.07) is 9.19. The minimum absolute atomic E-state index is 0.202. The molecule has 1 aliphatic heterocycles. The van der Waals surface area contributed by atoms with E-state index in [2.05, 4.69) is 0 Å². The van der Waals surface area contributed by atoms with Crippen molar-refractivity contribution in [2.75, 3.05) is 0 Å². The molecule has 22 heavy (non-hydrogen) atoms. The number of carboxylic acid groups (broad SMARTS) is 1. The van der Waals surface area contributed by atoms with E-state index in [-0.39, 0.29) is 6.42 Å². The first-order valence-electron chi connectivity index (χ1n) is 7.23. The van der Waals surface area contributed by atoms with Crippen molar-refractivity contribution in [3.8, 4) is 6.07 Å². The number of rotatable bonds is 4. The first-order chi connectivity index (χ1) is 10.2. The minimum atomic E-state index is -0.985. The van der Waals surface area contributed by atoms with Crippen molar-refractivity contribution in [3.63, 3.8) is 0 Å². The van der Waals surface area contributed by atoms with E-state index in [1.54, 1.807) is 12.1 Å². The zero-order valence-corrected chi connectivity index (χ0v) is 13.3. The molecule has 0 aromatic heterocycles. The van der Waals surface area contributed by atoms with Gasteiger partial charge in [-0.3, -0.25) is 4.79 Å². The van der Waals surface area contributed by atoms with Gasteiger partial charge in [-0.1, -0.05) is 24.3 Å². The van der Waals surface area contributed by atoms with Crippen LogP contribution in [0.4, 0.5) is 0 Å². The summed E-state index contributed by atoms with van der Waals surface area (Å²) in [4.78, 5) is 10.8. The molecule has 1 saturated heterocycles. The number of nitrogens with zero attached hydrogens (tertiary/aromatic N) is 1. The highest BCUT2D eigenvalue weighted by Crippen LogP contribution is 2.36. The van der Waals surface area contributed by atoms with Gasteiger partial charge in [-0.2, -0.15) is 5.26 Å². The van der Waals surface area contributed by atoms with Crippen LogP contribution in [0.3, 0.4) is 0 Å². The van der Waals surface area contributed by atoms with Gasteiger partial charge in [0.2, 0.25) is 0 Å². The summed E-state index contributed by atoms with van der Waals surface area (Å²) in [5, 5.41) is 17.9. The van der Waals surface area contributed by atoms with Gasteiger partial charge in [0.25, 0.3) is 0 Å². The molecule has 1 fully saturated rings. The zero-order valence-electron chi connectivity index (χ0n) is 13.3. The molecule has 0 spiro atoms. The molecule has 116 valence electrons. The Morgan fingerprint density at radius 2 is 1.73 bits per heavy atom. The van der Waals surface area contributed by atoms with Gasteiger partial charge >= 0.3 is 13.1 Å². The van der Waals surface area contributed by atoms with Gasteiger partial charge < -0.3 is 14.4 Å². The third kappa shape index (κ3) is 3.16. The van der Waals surface area contributed by atoms with Gasteiger partial charge in [-0.05, 0) is 38.7 Å². The van der Waals surface area contributed by atoms with E-state index >= 15 is 0 Å². The van der Waals surface area contributed by atoms with E-state index < -0.39 is 30.2 Å². The predicted octanol–water partition coefficient (Wildman–Crippen LogP) is 2.07. The maximum Gasteiger partial charge on any atom is 0.494 e. The molecule has 0 saturated carbocycles. The molecule has 0 bridgehead atoms. The Kier molecular flexibility index (Phi) is 4.32. The van der Waals surface area contributed by atoms with Crippen molar-refractivity contribution < 1.29 is 19.2 Å². The summed E-state index contributed by atoms with van der Waals surface area (Å²) in [7, 11) is -0.459. The molecule has 5 nitrogen and oxygen atoms in total. The Hall–Kier alpha value is -1.84. The van der Waals surface area contributed by atoms with Crippen molar-refractivity contribution in [2.45, 2.75) is 51.2 Å². The third-order valence-corrected chi connectivity index (χ3v) is 4.40. The van der Waals surface area contributed by atoms with Crippen LogP contribution in [0.1, 0.15) is 45.6 Å². The minimum Gasteiger partial charge on any atom is -0.481 e. The van der Waals surface area contributed by atoms with E-state index in [1.165, 1.54) is 0 Å². The molecule has 1 aromatic carbocycles. The lowest BCUT2D eigenvalue weighted by molar-refractivity contribution is -0.137. The molecular formula is C16H20BNO4. The summed E-state index contributed by atoms with van der Waals surface area (Å²) < 4.78 is 11.9. The van der Waals surface area contributed by atoms with Gasteiger partial charge in [0.05, 0.1) is 29.6 Å². The Labute approximate surface area is 131 Å². The third-order valence-electron chi connectivity index (χ3n) is 4.40. The molecule has 1 aromatic rings. The van der Waals surface area contributed by atoms with Crippen LogP contribution in [0, 0.1) is 11.3 Å². The molecular weight excluding hydrogens is 281 g/mol. The van der Waals surface area contributed by atoms with E-state index in [1.807, 2.05) is 45.9 Å². The summed E-state index contributed by atoms with van der Waals surface area (Å²) >= 11 is 0. The number of nitriles is 1. The smallest absolute Gasteiger partial charge is 0.481 e. The summed E-state index contributed by atoms with van der Waals surface area (Å²) in [6.45, 7) is 7.94. The van der Waals surface area contributed by atoms with Crippen molar-refractivity contribution in [2.24, 2.45) is 0 Å². The Bertz CT molecular complexity index is 588. The number of hydrogen-bond donors (Lipinski definition) is 1. The second kappa shape index (κ2) is 5.75. The van der Waals surface area contributed by atoms with E-state index in [9.17, 15) is 4.79 Å². The molecule has 1 heterocycles. The first-order valence-corrected chi connectivity index (χ1v) is 7.23. The molecule has 0 radical (unpaired) electrons. The van der Waals surface area contributed by atoms with Crippen LogP contribution < -0.4 is 5.46 Å². The lowest BCUT2D eigenvalue weighted by Gasteiger charge is -2.32. The molecule has 1 N–H and O–H groups in total. The Morgan fingerprint density at radius 1 is 1.23 bits per heavy atom. The fraction of sp³-hybridized carbons (Fsp3) is 0.500. The Morgan fingerprint density at radius 3 is 2.14 bits per heavy atom. The Balaban J connectivity index is 2.17. The van der Waals surface area contributed by atoms with E-state index in [4.69, 9.17) is 19.7 Å². The number of aliphatic carboxylic acids is 1. The molecule has 6 heteroatoms. The van der Waals surface area contributed by atoms with Gasteiger partial charge in [-0.15, -0.1) is 0 Å². The lowest BCUT2D eigenvalue weighted by atomic mass is 9.78. The van der Waals surface area contributed by atoms with Crippen LogP contribution >= 0.6 is 0 Å². The molecule has 1 aliphatic rings. The predicted molar refractivity (Wildman–Crippen MR) is 82.8 cm³/mol.